The van der Waals surface area contributed by atoms with Crippen LogP contribution in [0.3, 0.4) is 0 Å². The summed E-state index contributed by atoms with van der Waals surface area (Å²) in [6.45, 7) is 4.47. The predicted octanol–water partition coefficient (Wildman–Crippen LogP) is 1.66. The molecule has 0 radical (unpaired) electrons. The summed E-state index contributed by atoms with van der Waals surface area (Å²) < 4.78 is 0. The Morgan fingerprint density at radius 1 is 1.35 bits per heavy atom. The average Bonchev–Trinajstić information content (AvgIpc) is 3.20. The molecule has 0 bridgehead atoms. The van der Waals surface area contributed by atoms with Crippen LogP contribution >= 0.6 is 0 Å². The normalized spacial score (nSPS) is 17.4. The van der Waals surface area contributed by atoms with Crippen molar-refractivity contribution in [2.24, 2.45) is 5.73 Å². The van der Waals surface area contributed by atoms with Crippen LogP contribution in [0, 0.1) is 0 Å². The van der Waals surface area contributed by atoms with E-state index >= 15 is 0 Å². The van der Waals surface area contributed by atoms with E-state index in [0.717, 1.165) is 24.2 Å². The van der Waals surface area contributed by atoms with Crippen LogP contribution in [0.15, 0.2) is 24.3 Å². The zero-order valence-electron chi connectivity index (χ0n) is 10.5. The molecule has 1 atom stereocenters. The fourth-order valence-electron chi connectivity index (χ4n) is 2.18. The second-order valence-corrected chi connectivity index (χ2v) is 4.78. The van der Waals surface area contributed by atoms with E-state index in [1.54, 1.807) is 0 Å². The number of nitrogens with zero attached hydrogens (tertiary/aromatic N) is 1. The van der Waals surface area contributed by atoms with E-state index in [1.165, 1.54) is 12.8 Å². The fraction of sp³-hybridized carbons (Fsp3) is 0.571. The van der Waals surface area contributed by atoms with Gasteiger partial charge in [-0.1, -0.05) is 31.2 Å². The lowest BCUT2D eigenvalue weighted by atomic mass is 10.1. The third-order valence-corrected chi connectivity index (χ3v) is 3.48. The summed E-state index contributed by atoms with van der Waals surface area (Å²) >= 11 is 0. The highest BCUT2D eigenvalue weighted by Crippen LogP contribution is 2.28. The lowest BCUT2D eigenvalue weighted by Gasteiger charge is -2.23. The van der Waals surface area contributed by atoms with E-state index in [0.29, 0.717) is 12.6 Å². The Balaban J connectivity index is 1.95. The zero-order valence-corrected chi connectivity index (χ0v) is 10.5. The predicted molar refractivity (Wildman–Crippen MR) is 69.6 cm³/mol. The molecule has 3 N–H and O–H groups in total. The quantitative estimate of drug-likeness (QED) is 0.787. The van der Waals surface area contributed by atoms with Crippen molar-refractivity contribution in [2.45, 2.75) is 38.5 Å². The van der Waals surface area contributed by atoms with Gasteiger partial charge < -0.3 is 10.8 Å². The van der Waals surface area contributed by atoms with Crippen molar-refractivity contribution in [1.29, 1.82) is 0 Å². The Hall–Kier alpha value is -0.900. The van der Waals surface area contributed by atoms with Gasteiger partial charge in [-0.3, -0.25) is 4.90 Å². The molecule has 3 nitrogen and oxygen atoms in total. The molecule has 1 aromatic rings. The van der Waals surface area contributed by atoms with Crippen molar-refractivity contribution in [3.63, 3.8) is 0 Å². The molecule has 0 saturated heterocycles. The first-order valence-corrected chi connectivity index (χ1v) is 6.45. The van der Waals surface area contributed by atoms with Crippen molar-refractivity contribution < 1.29 is 5.11 Å². The van der Waals surface area contributed by atoms with Gasteiger partial charge in [0, 0.05) is 19.1 Å². The molecule has 0 aromatic heterocycles. The molecule has 1 aliphatic carbocycles. The zero-order chi connectivity index (χ0) is 12.3. The van der Waals surface area contributed by atoms with Crippen molar-refractivity contribution in [3.05, 3.63) is 35.4 Å². The molecule has 1 aliphatic rings. The summed E-state index contributed by atoms with van der Waals surface area (Å²) in [7, 11) is 0. The molecule has 0 spiro atoms. The van der Waals surface area contributed by atoms with Crippen molar-refractivity contribution >= 4 is 0 Å². The van der Waals surface area contributed by atoms with Gasteiger partial charge in [-0.05, 0) is 30.5 Å². The molecular weight excluding hydrogens is 212 g/mol. The van der Waals surface area contributed by atoms with E-state index in [2.05, 4.69) is 11.8 Å². The van der Waals surface area contributed by atoms with Crippen LogP contribution in [-0.4, -0.2) is 29.1 Å². The third-order valence-electron chi connectivity index (χ3n) is 3.48. The Bertz CT molecular complexity index is 346. The molecule has 0 aliphatic heterocycles. The Morgan fingerprint density at radius 2 is 2.00 bits per heavy atom. The number of nitrogens with two attached hydrogens (primary N) is 1. The van der Waals surface area contributed by atoms with Gasteiger partial charge in [0.2, 0.25) is 0 Å². The minimum absolute atomic E-state index is 0.387. The molecule has 1 aromatic carbocycles. The minimum atomic E-state index is -0.387. The summed E-state index contributed by atoms with van der Waals surface area (Å²) in [5.41, 5.74) is 7.65. The van der Waals surface area contributed by atoms with Gasteiger partial charge in [-0.15, -0.1) is 0 Å². The van der Waals surface area contributed by atoms with Crippen molar-refractivity contribution in [1.82, 2.24) is 4.90 Å². The van der Waals surface area contributed by atoms with E-state index in [1.807, 2.05) is 24.3 Å². The Morgan fingerprint density at radius 3 is 2.47 bits per heavy atom. The highest BCUT2D eigenvalue weighted by molar-refractivity contribution is 5.24. The highest BCUT2D eigenvalue weighted by Gasteiger charge is 2.29. The molecule has 1 unspecified atom stereocenters. The summed E-state index contributed by atoms with van der Waals surface area (Å²) in [6, 6.07) is 8.65. The van der Waals surface area contributed by atoms with Crippen molar-refractivity contribution in [2.75, 3.05) is 13.1 Å². The van der Waals surface area contributed by atoms with Crippen molar-refractivity contribution in [3.8, 4) is 0 Å². The SMILES string of the molecule is CCN(CC(O)c1ccc(CN)cc1)C1CC1. The lowest BCUT2D eigenvalue weighted by Crippen LogP contribution is -2.30. The van der Waals surface area contributed by atoms with E-state index in [4.69, 9.17) is 5.73 Å². The maximum Gasteiger partial charge on any atom is 0.0917 e. The number of rotatable bonds is 6. The summed E-state index contributed by atoms with van der Waals surface area (Å²) in [6.07, 6.45) is 2.18. The number of benzene rings is 1. The van der Waals surface area contributed by atoms with Gasteiger partial charge in [0.15, 0.2) is 0 Å². The minimum Gasteiger partial charge on any atom is -0.387 e. The first kappa shape index (κ1) is 12.6. The number of likely N-dealkylation sites (N-methyl/N-ethyl adjacent to an activating group) is 1. The van der Waals surface area contributed by atoms with Gasteiger partial charge in [0.25, 0.3) is 0 Å². The molecular formula is C14H22N2O. The van der Waals surface area contributed by atoms with E-state index < -0.39 is 0 Å². The molecule has 0 amide bonds. The molecule has 1 saturated carbocycles. The Labute approximate surface area is 103 Å². The molecule has 2 rings (SSSR count). The van der Waals surface area contributed by atoms with Crippen LogP contribution in [0.1, 0.15) is 37.0 Å². The van der Waals surface area contributed by atoms with Crippen LogP contribution < -0.4 is 5.73 Å². The second kappa shape index (κ2) is 5.63. The maximum absolute atomic E-state index is 10.2. The number of hydrogen-bond donors (Lipinski definition) is 2. The summed E-state index contributed by atoms with van der Waals surface area (Å²) in [5, 5.41) is 10.2. The van der Waals surface area contributed by atoms with Gasteiger partial charge in [-0.25, -0.2) is 0 Å². The molecule has 0 heterocycles. The van der Waals surface area contributed by atoms with Gasteiger partial charge >= 0.3 is 0 Å². The third kappa shape index (κ3) is 3.28. The van der Waals surface area contributed by atoms with E-state index in [9.17, 15) is 5.11 Å². The van der Waals surface area contributed by atoms with Gasteiger partial charge in [-0.2, -0.15) is 0 Å². The van der Waals surface area contributed by atoms with Crippen LogP contribution in [0.2, 0.25) is 0 Å². The number of hydrogen-bond acceptors (Lipinski definition) is 3. The van der Waals surface area contributed by atoms with Crippen LogP contribution in [-0.2, 0) is 6.54 Å². The van der Waals surface area contributed by atoms with Gasteiger partial charge in [0.05, 0.1) is 6.10 Å². The van der Waals surface area contributed by atoms with Crippen LogP contribution in [0.25, 0.3) is 0 Å². The second-order valence-electron chi connectivity index (χ2n) is 4.78. The topological polar surface area (TPSA) is 49.5 Å². The Kier molecular flexibility index (Phi) is 4.15. The smallest absolute Gasteiger partial charge is 0.0917 e. The van der Waals surface area contributed by atoms with Crippen LogP contribution in [0.5, 0.6) is 0 Å². The fourth-order valence-corrected chi connectivity index (χ4v) is 2.18. The highest BCUT2D eigenvalue weighted by atomic mass is 16.3. The average molecular weight is 234 g/mol. The monoisotopic (exact) mass is 234 g/mol. The first-order valence-electron chi connectivity index (χ1n) is 6.45. The van der Waals surface area contributed by atoms with Crippen LogP contribution in [0.4, 0.5) is 0 Å². The maximum atomic E-state index is 10.2. The molecule has 17 heavy (non-hydrogen) atoms. The summed E-state index contributed by atoms with van der Waals surface area (Å²) in [5.74, 6) is 0. The first-order chi connectivity index (χ1) is 8.24. The lowest BCUT2D eigenvalue weighted by molar-refractivity contribution is 0.112. The molecule has 1 fully saturated rings. The largest absolute Gasteiger partial charge is 0.387 e. The standard InChI is InChI=1S/C14H22N2O/c1-2-16(13-7-8-13)10-14(17)12-5-3-11(9-15)4-6-12/h3-6,13-14,17H,2,7-10,15H2,1H3. The van der Waals surface area contributed by atoms with E-state index in [-0.39, 0.29) is 6.10 Å². The van der Waals surface area contributed by atoms with Gasteiger partial charge in [0.1, 0.15) is 0 Å². The molecule has 94 valence electrons. The number of aliphatic hydroxyl groups is 1. The molecule has 3 heteroatoms. The summed E-state index contributed by atoms with van der Waals surface area (Å²) in [4.78, 5) is 2.36. The number of aliphatic hydroxyl groups excluding tert-OH is 1.